The Morgan fingerprint density at radius 1 is 1.30 bits per heavy atom. The summed E-state index contributed by atoms with van der Waals surface area (Å²) in [6, 6.07) is 0.0340. The van der Waals surface area contributed by atoms with Crippen molar-refractivity contribution in [3.8, 4) is 0 Å². The van der Waals surface area contributed by atoms with Crippen molar-refractivity contribution in [2.75, 3.05) is 26.8 Å². The molecule has 0 aromatic rings. The number of aliphatic hydroxyl groups is 1. The van der Waals surface area contributed by atoms with Crippen LogP contribution in [0.4, 0.5) is 0 Å². The summed E-state index contributed by atoms with van der Waals surface area (Å²) in [4.78, 5) is 43.3. The van der Waals surface area contributed by atoms with Crippen molar-refractivity contribution in [1.29, 1.82) is 0 Å². The fraction of sp³-hybridized carbons (Fsp3) is 0.769. The maximum atomic E-state index is 13.7. The number of nitrogens with two attached hydrogens (primary N) is 3. The van der Waals surface area contributed by atoms with Crippen molar-refractivity contribution in [2.24, 2.45) is 29.2 Å². The number of guanidine groups is 1. The van der Waals surface area contributed by atoms with E-state index in [2.05, 4.69) is 15.6 Å². The van der Waals surface area contributed by atoms with E-state index >= 15 is 0 Å². The minimum absolute atomic E-state index is 0.0340. The van der Waals surface area contributed by atoms with Gasteiger partial charge in [-0.3, -0.25) is 31.4 Å². The van der Waals surface area contributed by atoms with Gasteiger partial charge in [0.1, 0.15) is 12.8 Å². The summed E-state index contributed by atoms with van der Waals surface area (Å²) in [7, 11) is 1.76. The number of rotatable bonds is 9. The highest BCUT2D eigenvalue weighted by atomic mass is 16.7. The van der Waals surface area contributed by atoms with Gasteiger partial charge in [-0.15, -0.1) is 0 Å². The fourth-order valence-corrected chi connectivity index (χ4v) is 6.67. The van der Waals surface area contributed by atoms with Crippen LogP contribution in [0.25, 0.3) is 0 Å². The van der Waals surface area contributed by atoms with E-state index < -0.39 is 29.0 Å². The van der Waals surface area contributed by atoms with E-state index in [-0.39, 0.29) is 43.4 Å². The Kier molecular flexibility index (Phi) is 8.37. The summed E-state index contributed by atoms with van der Waals surface area (Å²) in [5.41, 5.74) is 9.83. The quantitative estimate of drug-likeness (QED) is 0.0458. The molecule has 0 spiro atoms. The van der Waals surface area contributed by atoms with E-state index in [1.807, 2.05) is 13.0 Å². The molecule has 7 atom stereocenters. The maximum Gasteiger partial charge on any atom is 0.350 e. The van der Waals surface area contributed by atoms with Crippen molar-refractivity contribution in [1.82, 2.24) is 5.32 Å². The first kappa shape index (κ1) is 27.7. The largest absolute Gasteiger partial charge is 0.461 e. The molecule has 2 heterocycles. The number of piperidine rings is 1. The second-order valence-electron chi connectivity index (χ2n) is 11.0. The number of epoxide rings is 1. The molecule has 2 aliphatic carbocycles. The number of quaternary nitrogens is 1. The van der Waals surface area contributed by atoms with Gasteiger partial charge >= 0.3 is 11.9 Å². The van der Waals surface area contributed by atoms with Gasteiger partial charge in [-0.1, -0.05) is 24.5 Å². The number of carbonyl (C=O) groups is 3. The highest BCUT2D eigenvalue weighted by molar-refractivity contribution is 6.23. The third-order valence-corrected chi connectivity index (χ3v) is 8.69. The number of hydrogen-bond donors (Lipinski definition) is 6. The number of aliphatic hydroxyl groups excluding tert-OH is 1. The average molecular weight is 522 g/mol. The Morgan fingerprint density at radius 3 is 2.65 bits per heavy atom. The minimum atomic E-state index is -1.90. The summed E-state index contributed by atoms with van der Waals surface area (Å²) in [5.74, 6) is -1.50. The molecule has 2 saturated heterocycles. The molecule has 4 aliphatic rings. The zero-order chi connectivity index (χ0) is 26.8. The Morgan fingerprint density at radius 2 is 2.00 bits per heavy atom. The number of fused-ring (bicyclic) bond motifs is 2. The number of carbonyl (C=O) groups excluding carboxylic acids is 3. The standard InChI is InChI=1S/C26H41N5O6/c1-15(13-19(31-24(28)29-2)16-8-10-30-20(27)14-16)7-9-25-21(33)17-5-3-4-6-18(17)22(34)26(25,37-25)23(35)36-12-11-32/h7,16-20,30,32H,3-6,8-14,27H2,1-2H3,(H3,28,29,31)/p+2. The molecule has 0 amide bonds. The van der Waals surface area contributed by atoms with Crippen LogP contribution in [-0.4, -0.2) is 78.8 Å². The second kappa shape index (κ2) is 11.2. The van der Waals surface area contributed by atoms with E-state index in [0.29, 0.717) is 31.1 Å². The van der Waals surface area contributed by atoms with Crippen LogP contribution in [0.5, 0.6) is 0 Å². The lowest BCUT2D eigenvalue weighted by molar-refractivity contribution is -0.699. The first-order valence-electron chi connectivity index (χ1n) is 13.6. The van der Waals surface area contributed by atoms with Crippen LogP contribution in [0.1, 0.15) is 58.3 Å². The monoisotopic (exact) mass is 521 g/mol. The average Bonchev–Trinajstić information content (AvgIpc) is 3.61. The van der Waals surface area contributed by atoms with Crippen LogP contribution in [0.2, 0.25) is 0 Å². The van der Waals surface area contributed by atoms with Gasteiger partial charge in [-0.2, -0.15) is 0 Å². The van der Waals surface area contributed by atoms with Crippen LogP contribution in [0, 0.1) is 17.8 Å². The second-order valence-corrected chi connectivity index (χ2v) is 11.0. The lowest BCUT2D eigenvalue weighted by atomic mass is 9.61. The highest BCUT2D eigenvalue weighted by Gasteiger charge is 2.86. The third-order valence-electron chi connectivity index (χ3n) is 8.69. The first-order valence-corrected chi connectivity index (χ1v) is 13.6. The third kappa shape index (κ3) is 5.06. The normalized spacial score (nSPS) is 36.9. The molecule has 9 N–H and O–H groups in total. The van der Waals surface area contributed by atoms with Gasteiger partial charge in [0.15, 0.2) is 17.2 Å². The summed E-state index contributed by atoms with van der Waals surface area (Å²) in [6.45, 7) is 2.30. The molecule has 7 unspecified atom stereocenters. The molecule has 4 fully saturated rings. The Labute approximate surface area is 217 Å². The van der Waals surface area contributed by atoms with Gasteiger partial charge < -0.3 is 19.9 Å². The molecule has 11 heteroatoms. The SMILES string of the molecule is C[NH+]=C(N)NC(CC(C)=CCC12OC1(C(=O)OCCO)C(=O)C1CCCCC1C2=O)C1CC[NH2+]C(N)C1. The Hall–Kier alpha value is -2.34. The van der Waals surface area contributed by atoms with Crippen LogP contribution in [0.15, 0.2) is 11.6 Å². The summed E-state index contributed by atoms with van der Waals surface area (Å²) in [6.07, 6.45) is 7.52. The van der Waals surface area contributed by atoms with Crippen molar-refractivity contribution in [3.05, 3.63) is 11.6 Å². The number of Topliss-reactive ketones (excluding diaryl/α,β-unsaturated/α-hetero) is 2. The molecular weight excluding hydrogens is 478 g/mol. The predicted molar refractivity (Wildman–Crippen MR) is 134 cm³/mol. The summed E-state index contributed by atoms with van der Waals surface area (Å²) < 4.78 is 11.1. The van der Waals surface area contributed by atoms with Crippen LogP contribution in [0.3, 0.4) is 0 Å². The zero-order valence-corrected chi connectivity index (χ0v) is 22.0. The van der Waals surface area contributed by atoms with E-state index in [9.17, 15) is 14.4 Å². The number of nitrogens with one attached hydrogen (secondary N) is 2. The molecule has 2 aliphatic heterocycles. The van der Waals surface area contributed by atoms with E-state index in [4.69, 9.17) is 26.0 Å². The van der Waals surface area contributed by atoms with E-state index in [1.165, 1.54) is 0 Å². The topological polar surface area (TPSA) is 188 Å². The minimum Gasteiger partial charge on any atom is -0.461 e. The van der Waals surface area contributed by atoms with Crippen molar-refractivity contribution < 1.29 is 39.3 Å². The van der Waals surface area contributed by atoms with Gasteiger partial charge in [0, 0.05) is 43.4 Å². The van der Waals surface area contributed by atoms with E-state index in [1.54, 1.807) is 7.05 Å². The maximum absolute atomic E-state index is 13.7. The molecule has 0 radical (unpaired) electrons. The number of hydrogen-bond acceptors (Lipinski definition) is 7. The Balaban J connectivity index is 1.56. The summed E-state index contributed by atoms with van der Waals surface area (Å²) in [5, 5.41) is 14.6. The first-order chi connectivity index (χ1) is 17.7. The molecular formula is C26H43N5O6+2. The molecule has 0 aromatic carbocycles. The van der Waals surface area contributed by atoms with Crippen molar-refractivity contribution in [2.45, 2.75) is 81.7 Å². The zero-order valence-electron chi connectivity index (χ0n) is 22.0. The lowest BCUT2D eigenvalue weighted by Gasteiger charge is -2.36. The highest BCUT2D eigenvalue weighted by Crippen LogP contribution is 2.61. The lowest BCUT2D eigenvalue weighted by Crippen LogP contribution is -2.95. The molecule has 0 bridgehead atoms. The van der Waals surface area contributed by atoms with Gasteiger partial charge in [0.2, 0.25) is 0 Å². The van der Waals surface area contributed by atoms with Gasteiger partial charge in [-0.25, -0.2) is 4.79 Å². The number of esters is 1. The molecule has 0 aromatic heterocycles. The van der Waals surface area contributed by atoms with Crippen LogP contribution in [-0.2, 0) is 23.9 Å². The van der Waals surface area contributed by atoms with Crippen molar-refractivity contribution in [3.63, 3.8) is 0 Å². The molecule has 2 saturated carbocycles. The van der Waals surface area contributed by atoms with E-state index in [0.717, 1.165) is 37.8 Å². The summed E-state index contributed by atoms with van der Waals surface area (Å²) >= 11 is 0. The van der Waals surface area contributed by atoms with Crippen molar-refractivity contribution >= 4 is 23.5 Å². The molecule has 206 valence electrons. The van der Waals surface area contributed by atoms with Crippen LogP contribution < -0.4 is 27.1 Å². The smallest absolute Gasteiger partial charge is 0.350 e. The predicted octanol–water partition coefficient (Wildman–Crippen LogP) is -3.04. The Bertz CT molecular complexity index is 969. The van der Waals surface area contributed by atoms with Gasteiger partial charge in [0.25, 0.3) is 5.60 Å². The van der Waals surface area contributed by atoms with Gasteiger partial charge in [-0.05, 0) is 19.8 Å². The molecule has 37 heavy (non-hydrogen) atoms. The fourth-order valence-electron chi connectivity index (χ4n) is 6.67. The number of ether oxygens (including phenoxy) is 2. The molecule has 11 nitrogen and oxygen atoms in total. The molecule has 4 rings (SSSR count). The van der Waals surface area contributed by atoms with Gasteiger partial charge in [0.05, 0.1) is 26.2 Å². The number of ketones is 2. The van der Waals surface area contributed by atoms with Crippen LogP contribution >= 0.6 is 0 Å².